The van der Waals surface area contributed by atoms with Crippen LogP contribution in [0.4, 0.5) is 0 Å². The Morgan fingerprint density at radius 2 is 1.83 bits per heavy atom. The average molecular weight is 274 g/mol. The van der Waals surface area contributed by atoms with Gasteiger partial charge in [0.2, 0.25) is 10.0 Å². The first-order chi connectivity index (χ1) is 8.57. The van der Waals surface area contributed by atoms with Crippen LogP contribution in [0.3, 0.4) is 0 Å². The molecule has 1 saturated carbocycles. The lowest BCUT2D eigenvalue weighted by Gasteiger charge is -2.25. The minimum absolute atomic E-state index is 0.0982. The molecule has 0 amide bonds. The second-order valence-electron chi connectivity index (χ2n) is 5.88. The van der Waals surface area contributed by atoms with Gasteiger partial charge in [-0.05, 0) is 45.1 Å². The summed E-state index contributed by atoms with van der Waals surface area (Å²) in [5, 5.41) is 3.30. The Kier molecular flexibility index (Phi) is 5.04. The highest BCUT2D eigenvalue weighted by Gasteiger charge is 2.27. The van der Waals surface area contributed by atoms with Crippen LogP contribution in [-0.4, -0.2) is 32.8 Å². The van der Waals surface area contributed by atoms with E-state index in [1.54, 1.807) is 0 Å². The Hall–Kier alpha value is -0.130. The number of hydrogen-bond donors (Lipinski definition) is 2. The highest BCUT2D eigenvalue weighted by Crippen LogP contribution is 2.27. The van der Waals surface area contributed by atoms with Crippen LogP contribution < -0.4 is 10.0 Å². The number of hydrogen-bond acceptors (Lipinski definition) is 3. The van der Waals surface area contributed by atoms with Gasteiger partial charge in [0.05, 0.1) is 5.75 Å². The first-order valence-electron chi connectivity index (χ1n) is 7.30. The van der Waals surface area contributed by atoms with Gasteiger partial charge in [0.25, 0.3) is 0 Å². The smallest absolute Gasteiger partial charge is 0.213 e. The molecule has 4 nitrogen and oxygen atoms in total. The summed E-state index contributed by atoms with van der Waals surface area (Å²) < 4.78 is 27.1. The number of rotatable bonds is 5. The largest absolute Gasteiger partial charge is 0.313 e. The van der Waals surface area contributed by atoms with Crippen molar-refractivity contribution in [1.82, 2.24) is 10.0 Å². The predicted octanol–water partition coefficient (Wildman–Crippen LogP) is 1.63. The van der Waals surface area contributed by atoms with Gasteiger partial charge in [0.1, 0.15) is 0 Å². The summed E-state index contributed by atoms with van der Waals surface area (Å²) in [4.78, 5) is 0. The lowest BCUT2D eigenvalue weighted by molar-refractivity contribution is 0.407. The molecule has 2 fully saturated rings. The molecule has 1 saturated heterocycles. The molecule has 2 unspecified atom stereocenters. The Labute approximate surface area is 111 Å². The molecule has 2 rings (SSSR count). The van der Waals surface area contributed by atoms with Crippen LogP contribution in [0.2, 0.25) is 0 Å². The molecule has 1 aliphatic heterocycles. The molecule has 1 heterocycles. The van der Waals surface area contributed by atoms with E-state index in [2.05, 4.69) is 10.0 Å². The summed E-state index contributed by atoms with van der Waals surface area (Å²) >= 11 is 0. The second-order valence-corrected chi connectivity index (χ2v) is 7.68. The van der Waals surface area contributed by atoms with E-state index in [1.165, 1.54) is 32.1 Å². The molecule has 18 heavy (non-hydrogen) atoms. The maximum atomic E-state index is 12.1. The van der Waals surface area contributed by atoms with Crippen molar-refractivity contribution in [3.63, 3.8) is 0 Å². The van der Waals surface area contributed by atoms with Gasteiger partial charge in [0.15, 0.2) is 0 Å². The Bertz CT molecular complexity index is 344. The normalized spacial score (nSPS) is 28.4. The van der Waals surface area contributed by atoms with Crippen LogP contribution in [0.15, 0.2) is 0 Å². The molecule has 106 valence electrons. The van der Waals surface area contributed by atoms with Crippen LogP contribution in [0.1, 0.15) is 51.9 Å². The molecule has 2 N–H and O–H groups in total. The lowest BCUT2D eigenvalue weighted by atomic mass is 10.0. The van der Waals surface area contributed by atoms with E-state index >= 15 is 0 Å². The van der Waals surface area contributed by atoms with Gasteiger partial charge in [-0.2, -0.15) is 0 Å². The molecule has 0 aromatic carbocycles. The fourth-order valence-electron chi connectivity index (χ4n) is 3.22. The fourth-order valence-corrected chi connectivity index (χ4v) is 4.89. The van der Waals surface area contributed by atoms with E-state index in [9.17, 15) is 8.42 Å². The van der Waals surface area contributed by atoms with Gasteiger partial charge in [-0.25, -0.2) is 13.1 Å². The molecule has 0 spiro atoms. The van der Waals surface area contributed by atoms with Crippen molar-refractivity contribution in [2.45, 2.75) is 64.0 Å². The maximum absolute atomic E-state index is 12.1. The first kappa shape index (κ1) is 14.3. The van der Waals surface area contributed by atoms with E-state index in [0.29, 0.717) is 5.92 Å². The van der Waals surface area contributed by atoms with Crippen molar-refractivity contribution in [3.8, 4) is 0 Å². The summed E-state index contributed by atoms with van der Waals surface area (Å²) in [7, 11) is -3.13. The summed E-state index contributed by atoms with van der Waals surface area (Å²) in [5.41, 5.74) is 0. The highest BCUT2D eigenvalue weighted by atomic mass is 32.2. The Morgan fingerprint density at radius 1 is 1.17 bits per heavy atom. The van der Waals surface area contributed by atoms with Crippen LogP contribution in [-0.2, 0) is 10.0 Å². The summed E-state index contributed by atoms with van der Waals surface area (Å²) in [5.74, 6) is 0.781. The molecule has 0 bridgehead atoms. The van der Waals surface area contributed by atoms with Gasteiger partial charge in [-0.1, -0.05) is 19.3 Å². The summed E-state index contributed by atoms with van der Waals surface area (Å²) in [6.45, 7) is 2.97. The zero-order valence-electron chi connectivity index (χ0n) is 11.3. The molecule has 1 aliphatic carbocycles. The topological polar surface area (TPSA) is 58.2 Å². The third-order valence-corrected chi connectivity index (χ3v) is 5.88. The quantitative estimate of drug-likeness (QED) is 0.801. The molecular formula is C13H26N2O2S. The molecule has 2 atom stereocenters. The standard InChI is InChI=1S/C13H26N2O2S/c1-11(12-6-2-3-7-12)15-18(16,17)10-13-8-4-5-9-14-13/h11-15H,2-10H2,1H3. The third kappa shape index (κ3) is 4.21. The minimum Gasteiger partial charge on any atom is -0.313 e. The average Bonchev–Trinajstić information content (AvgIpc) is 2.82. The maximum Gasteiger partial charge on any atom is 0.213 e. The van der Waals surface area contributed by atoms with E-state index in [-0.39, 0.29) is 17.8 Å². The molecule has 0 radical (unpaired) electrons. The number of sulfonamides is 1. The van der Waals surface area contributed by atoms with Crippen LogP contribution in [0.25, 0.3) is 0 Å². The Balaban J connectivity index is 1.82. The lowest BCUT2D eigenvalue weighted by Crippen LogP contribution is -2.45. The van der Waals surface area contributed by atoms with E-state index in [1.807, 2.05) is 6.92 Å². The third-order valence-electron chi connectivity index (χ3n) is 4.31. The predicted molar refractivity (Wildman–Crippen MR) is 74.0 cm³/mol. The van der Waals surface area contributed by atoms with E-state index < -0.39 is 10.0 Å². The van der Waals surface area contributed by atoms with Gasteiger partial charge in [-0.3, -0.25) is 0 Å². The summed E-state index contributed by atoms with van der Waals surface area (Å²) in [6.07, 6.45) is 8.14. The molecule has 5 heteroatoms. The van der Waals surface area contributed by atoms with Crippen molar-refractivity contribution in [2.24, 2.45) is 5.92 Å². The monoisotopic (exact) mass is 274 g/mol. The summed E-state index contributed by atoms with van der Waals surface area (Å²) in [6, 6.07) is 0.244. The number of piperidine rings is 1. The Morgan fingerprint density at radius 3 is 2.44 bits per heavy atom. The second kappa shape index (κ2) is 6.35. The van der Waals surface area contributed by atoms with Crippen LogP contribution in [0.5, 0.6) is 0 Å². The number of nitrogens with one attached hydrogen (secondary N) is 2. The van der Waals surface area contributed by atoms with Crippen LogP contribution in [0, 0.1) is 5.92 Å². The van der Waals surface area contributed by atoms with E-state index in [0.717, 1.165) is 19.4 Å². The van der Waals surface area contributed by atoms with E-state index in [4.69, 9.17) is 0 Å². The van der Waals surface area contributed by atoms with Crippen molar-refractivity contribution in [1.29, 1.82) is 0 Å². The van der Waals surface area contributed by atoms with Crippen molar-refractivity contribution in [2.75, 3.05) is 12.3 Å². The van der Waals surface area contributed by atoms with Crippen LogP contribution >= 0.6 is 0 Å². The van der Waals surface area contributed by atoms with Crippen molar-refractivity contribution >= 4 is 10.0 Å². The molecule has 2 aliphatic rings. The van der Waals surface area contributed by atoms with Crippen molar-refractivity contribution < 1.29 is 8.42 Å². The SMILES string of the molecule is CC(NS(=O)(=O)CC1CCCCN1)C1CCCC1. The van der Waals surface area contributed by atoms with Gasteiger partial charge in [0, 0.05) is 12.1 Å². The van der Waals surface area contributed by atoms with Gasteiger partial charge in [-0.15, -0.1) is 0 Å². The zero-order chi connectivity index (χ0) is 13.0. The zero-order valence-corrected chi connectivity index (χ0v) is 12.1. The molecule has 0 aromatic heterocycles. The first-order valence-corrected chi connectivity index (χ1v) is 8.95. The van der Waals surface area contributed by atoms with Crippen molar-refractivity contribution in [3.05, 3.63) is 0 Å². The minimum atomic E-state index is -3.13. The fraction of sp³-hybridized carbons (Fsp3) is 1.00. The highest BCUT2D eigenvalue weighted by molar-refractivity contribution is 7.89. The van der Waals surface area contributed by atoms with Gasteiger partial charge >= 0.3 is 0 Å². The van der Waals surface area contributed by atoms with Gasteiger partial charge < -0.3 is 5.32 Å². The molecular weight excluding hydrogens is 248 g/mol. The molecule has 0 aromatic rings.